The molecule has 2 atom stereocenters. The number of aliphatic hydroxyl groups excluding tert-OH is 1. The molecule has 162 valence electrons. The molecule has 1 fully saturated rings. The number of imide groups is 1. The number of aromatic amines is 1. The molecule has 2 aromatic carbocycles. The van der Waals surface area contributed by atoms with Gasteiger partial charge in [-0.3, -0.25) is 9.69 Å². The monoisotopic (exact) mass is 534 g/mol. The van der Waals surface area contributed by atoms with Crippen molar-refractivity contribution in [2.75, 3.05) is 13.2 Å². The van der Waals surface area contributed by atoms with Gasteiger partial charge in [-0.1, -0.05) is 26.0 Å². The van der Waals surface area contributed by atoms with Gasteiger partial charge >= 0.3 is 6.03 Å². The normalized spacial score (nSPS) is 17.5. The molecule has 3 amide bonds. The van der Waals surface area contributed by atoms with Gasteiger partial charge in [0.25, 0.3) is 5.91 Å². The van der Waals surface area contributed by atoms with Gasteiger partial charge in [0.05, 0.1) is 17.6 Å². The van der Waals surface area contributed by atoms with Crippen LogP contribution in [0.5, 0.6) is 5.75 Å². The first kappa shape index (κ1) is 21.6. The zero-order chi connectivity index (χ0) is 22.1. The first-order valence-corrected chi connectivity index (χ1v) is 11.1. The van der Waals surface area contributed by atoms with Crippen molar-refractivity contribution in [2.45, 2.75) is 25.9 Å². The summed E-state index contributed by atoms with van der Waals surface area (Å²) in [6.07, 6.45) is 0. The summed E-state index contributed by atoms with van der Waals surface area (Å²) in [7, 11) is 0. The van der Waals surface area contributed by atoms with Gasteiger partial charge in [0.15, 0.2) is 0 Å². The summed E-state index contributed by atoms with van der Waals surface area (Å²) in [5.41, 5.74) is 2.33. The number of nitrogens with one attached hydrogen (secondary N) is 2. The Hall–Kier alpha value is -2.66. The Labute approximate surface area is 193 Å². The molecule has 0 aliphatic carbocycles. The predicted molar refractivity (Wildman–Crippen MR) is 124 cm³/mol. The maximum atomic E-state index is 13.3. The molecular formula is C22H23IN4O4. The molecule has 1 aliphatic heterocycles. The molecule has 2 heterocycles. The number of imidazole rings is 1. The first-order valence-electron chi connectivity index (χ1n) is 10.0. The highest BCUT2D eigenvalue weighted by Gasteiger charge is 2.45. The number of halogens is 1. The summed E-state index contributed by atoms with van der Waals surface area (Å²) in [5.74, 6) is 0.817. The van der Waals surface area contributed by atoms with Crippen LogP contribution in [-0.4, -0.2) is 45.1 Å². The highest BCUT2D eigenvalue weighted by Crippen LogP contribution is 2.34. The van der Waals surface area contributed by atoms with Gasteiger partial charge in [0, 0.05) is 3.57 Å². The van der Waals surface area contributed by atoms with Gasteiger partial charge in [0.2, 0.25) is 0 Å². The molecule has 9 heteroatoms. The average molecular weight is 534 g/mol. The maximum absolute atomic E-state index is 13.3. The highest BCUT2D eigenvalue weighted by molar-refractivity contribution is 14.1. The van der Waals surface area contributed by atoms with E-state index in [1.807, 2.05) is 32.0 Å². The number of ether oxygens (including phenoxy) is 1. The molecule has 1 saturated heterocycles. The van der Waals surface area contributed by atoms with Crippen LogP contribution in [0.2, 0.25) is 0 Å². The minimum Gasteiger partial charge on any atom is -0.491 e. The Kier molecular flexibility index (Phi) is 6.15. The maximum Gasteiger partial charge on any atom is 0.325 e. The van der Waals surface area contributed by atoms with E-state index in [9.17, 15) is 9.59 Å². The number of carbonyl (C=O) groups excluding carboxylic acids is 2. The molecular weight excluding hydrogens is 511 g/mol. The Morgan fingerprint density at radius 2 is 1.94 bits per heavy atom. The molecule has 1 aromatic heterocycles. The van der Waals surface area contributed by atoms with E-state index in [1.54, 1.807) is 24.3 Å². The number of amides is 3. The second-order valence-corrected chi connectivity index (χ2v) is 8.95. The van der Waals surface area contributed by atoms with Crippen molar-refractivity contribution in [1.82, 2.24) is 20.2 Å². The van der Waals surface area contributed by atoms with Crippen LogP contribution in [0.3, 0.4) is 0 Å². The van der Waals surface area contributed by atoms with E-state index in [0.29, 0.717) is 17.1 Å². The molecule has 0 radical (unpaired) electrons. The van der Waals surface area contributed by atoms with Gasteiger partial charge in [0.1, 0.15) is 30.3 Å². The predicted octanol–water partition coefficient (Wildman–Crippen LogP) is 3.53. The number of hydrogen-bond donors (Lipinski definition) is 3. The third-order valence-corrected chi connectivity index (χ3v) is 5.87. The van der Waals surface area contributed by atoms with Crippen LogP contribution in [0.1, 0.15) is 37.3 Å². The third-order valence-electron chi connectivity index (χ3n) is 5.20. The molecule has 0 spiro atoms. The topological polar surface area (TPSA) is 108 Å². The van der Waals surface area contributed by atoms with Crippen LogP contribution in [0, 0.1) is 9.49 Å². The Morgan fingerprint density at radius 3 is 2.61 bits per heavy atom. The molecule has 31 heavy (non-hydrogen) atoms. The SMILES string of the molecule is CC(C)C(c1nc2ccc(I)cc2[nH]1)N1C(=O)N[C@H](c2ccc(OCCO)cc2)C1=O. The van der Waals surface area contributed by atoms with Crippen LogP contribution < -0.4 is 10.1 Å². The average Bonchev–Trinajstić information content (AvgIpc) is 3.28. The third kappa shape index (κ3) is 4.24. The van der Waals surface area contributed by atoms with E-state index >= 15 is 0 Å². The number of fused-ring (bicyclic) bond motifs is 1. The van der Waals surface area contributed by atoms with Crippen LogP contribution >= 0.6 is 22.6 Å². The van der Waals surface area contributed by atoms with Crippen LogP contribution in [-0.2, 0) is 4.79 Å². The van der Waals surface area contributed by atoms with E-state index in [-0.39, 0.29) is 25.0 Å². The molecule has 4 rings (SSSR count). The van der Waals surface area contributed by atoms with Crippen molar-refractivity contribution in [2.24, 2.45) is 5.92 Å². The van der Waals surface area contributed by atoms with Gasteiger partial charge in [-0.2, -0.15) is 0 Å². The second kappa shape index (κ2) is 8.83. The largest absolute Gasteiger partial charge is 0.491 e. The van der Waals surface area contributed by atoms with Crippen molar-refractivity contribution < 1.29 is 19.4 Å². The first-order chi connectivity index (χ1) is 14.9. The number of H-pyrrole nitrogens is 1. The molecule has 3 N–H and O–H groups in total. The molecule has 0 saturated carbocycles. The summed E-state index contributed by atoms with van der Waals surface area (Å²) >= 11 is 2.23. The molecule has 1 aliphatic rings. The van der Waals surface area contributed by atoms with Crippen molar-refractivity contribution in [3.63, 3.8) is 0 Å². The molecule has 1 unspecified atom stereocenters. The second-order valence-electron chi connectivity index (χ2n) is 7.70. The van der Waals surface area contributed by atoms with Crippen LogP contribution in [0.4, 0.5) is 4.79 Å². The quantitative estimate of drug-likeness (QED) is 0.318. The summed E-state index contributed by atoms with van der Waals surface area (Å²) in [6.45, 7) is 4.04. The zero-order valence-corrected chi connectivity index (χ0v) is 19.3. The number of aliphatic hydroxyl groups is 1. The van der Waals surface area contributed by atoms with Crippen molar-refractivity contribution in [1.29, 1.82) is 0 Å². The van der Waals surface area contributed by atoms with E-state index in [2.05, 4.69) is 37.9 Å². The van der Waals surface area contributed by atoms with Gasteiger partial charge in [-0.25, -0.2) is 9.78 Å². The molecule has 8 nitrogen and oxygen atoms in total. The molecule has 3 aromatic rings. The highest BCUT2D eigenvalue weighted by atomic mass is 127. The lowest BCUT2D eigenvalue weighted by Gasteiger charge is -2.27. The number of carbonyl (C=O) groups is 2. The summed E-state index contributed by atoms with van der Waals surface area (Å²) in [6, 6.07) is 11.1. The van der Waals surface area contributed by atoms with Crippen LogP contribution in [0.25, 0.3) is 11.0 Å². The van der Waals surface area contributed by atoms with Crippen molar-refractivity contribution in [3.8, 4) is 5.75 Å². The number of rotatable bonds is 7. The Balaban J connectivity index is 1.62. The number of aromatic nitrogens is 2. The summed E-state index contributed by atoms with van der Waals surface area (Å²) < 4.78 is 6.43. The van der Waals surface area contributed by atoms with Crippen molar-refractivity contribution in [3.05, 3.63) is 57.4 Å². The Bertz CT molecular complexity index is 1110. The minimum atomic E-state index is -0.772. The fourth-order valence-corrected chi connectivity index (χ4v) is 4.27. The lowest BCUT2D eigenvalue weighted by Crippen LogP contribution is -2.38. The summed E-state index contributed by atoms with van der Waals surface area (Å²) in [5, 5.41) is 11.7. The van der Waals surface area contributed by atoms with E-state index in [1.165, 1.54) is 4.90 Å². The van der Waals surface area contributed by atoms with E-state index in [4.69, 9.17) is 9.84 Å². The van der Waals surface area contributed by atoms with Crippen molar-refractivity contribution >= 4 is 45.6 Å². The standard InChI is InChI=1S/C22H23IN4O4/c1-12(2)19(20-24-16-8-5-14(23)11-17(16)25-20)27-21(29)18(26-22(27)30)13-3-6-15(7-4-13)31-10-9-28/h3-8,11-12,18-19,28H,9-10H2,1-2H3,(H,24,25)(H,26,30)/t18-,19?/m1/s1. The van der Waals surface area contributed by atoms with Gasteiger partial charge in [-0.05, 0) is 64.4 Å². The number of hydrogen-bond acceptors (Lipinski definition) is 5. The number of benzene rings is 2. The fourth-order valence-electron chi connectivity index (χ4n) is 3.78. The molecule has 0 bridgehead atoms. The zero-order valence-electron chi connectivity index (χ0n) is 17.1. The Morgan fingerprint density at radius 1 is 1.19 bits per heavy atom. The fraction of sp³-hybridized carbons (Fsp3) is 0.318. The smallest absolute Gasteiger partial charge is 0.325 e. The van der Waals surface area contributed by atoms with Gasteiger partial charge < -0.3 is 20.1 Å². The van der Waals surface area contributed by atoms with E-state index in [0.717, 1.165) is 14.6 Å². The summed E-state index contributed by atoms with van der Waals surface area (Å²) in [4.78, 5) is 35.4. The minimum absolute atomic E-state index is 0.0395. The van der Waals surface area contributed by atoms with Gasteiger partial charge in [-0.15, -0.1) is 0 Å². The van der Waals surface area contributed by atoms with Crippen LogP contribution in [0.15, 0.2) is 42.5 Å². The van der Waals surface area contributed by atoms with E-state index < -0.39 is 18.1 Å². The lowest BCUT2D eigenvalue weighted by atomic mass is 10.0. The lowest BCUT2D eigenvalue weighted by molar-refractivity contribution is -0.130. The number of urea groups is 1. The number of nitrogens with zero attached hydrogens (tertiary/aromatic N) is 2.